The zero-order valence-corrected chi connectivity index (χ0v) is 22.6. The Hall–Kier alpha value is -3.72. The number of nitrogens with zero attached hydrogens (tertiary/aromatic N) is 8. The first-order valence-corrected chi connectivity index (χ1v) is 13.8. The topological polar surface area (TPSA) is 105 Å². The molecule has 1 atom stereocenters. The molecule has 2 saturated heterocycles. The van der Waals surface area contributed by atoms with Crippen molar-refractivity contribution in [3.8, 4) is 5.88 Å². The molecule has 218 valence electrons. The number of pyridine rings is 1. The van der Waals surface area contributed by atoms with E-state index in [-0.39, 0.29) is 11.8 Å². The third-order valence-corrected chi connectivity index (χ3v) is 7.10. The largest absolute Gasteiger partial charge is 0.478 e. The highest BCUT2D eigenvalue weighted by Crippen LogP contribution is 2.32. The number of hydrogen-bond donors (Lipinski definition) is 1. The number of guanidine groups is 1. The number of hydrazine groups is 1. The number of para-hydroxylation sites is 2. The van der Waals surface area contributed by atoms with Crippen molar-refractivity contribution < 1.29 is 23.0 Å². The number of benzene rings is 1. The zero-order valence-electron chi connectivity index (χ0n) is 22.6. The number of halogens is 2. The molecule has 3 aliphatic heterocycles. The molecule has 3 aromatic rings. The van der Waals surface area contributed by atoms with Gasteiger partial charge in [0.25, 0.3) is 6.43 Å². The smallest absolute Gasteiger partial charge is 0.295 e. The molecule has 0 saturated carbocycles. The van der Waals surface area contributed by atoms with E-state index >= 15 is 0 Å². The second kappa shape index (κ2) is 12.9. The van der Waals surface area contributed by atoms with Crippen LogP contribution in [0.1, 0.15) is 25.0 Å². The molecule has 3 aliphatic rings. The first-order valence-electron chi connectivity index (χ1n) is 13.8. The van der Waals surface area contributed by atoms with Crippen molar-refractivity contribution in [3.63, 3.8) is 0 Å². The van der Waals surface area contributed by atoms with Crippen LogP contribution in [0.25, 0.3) is 11.0 Å². The van der Waals surface area contributed by atoms with Crippen molar-refractivity contribution in [2.75, 3.05) is 71.1 Å². The quantitative estimate of drug-likeness (QED) is 0.390. The lowest BCUT2D eigenvalue weighted by molar-refractivity contribution is -0.0805. The molecule has 0 amide bonds. The molecule has 14 heteroatoms. The average Bonchev–Trinajstić information content (AvgIpc) is 3.41. The highest BCUT2D eigenvalue weighted by molar-refractivity contribution is 5.99. The summed E-state index contributed by atoms with van der Waals surface area (Å²) in [6.07, 6.45) is 0.466. The molecular formula is C27H33F2N9O3. The van der Waals surface area contributed by atoms with E-state index in [9.17, 15) is 8.78 Å². The van der Waals surface area contributed by atoms with Crippen LogP contribution in [-0.2, 0) is 9.47 Å². The van der Waals surface area contributed by atoms with Gasteiger partial charge in [-0.2, -0.15) is 0 Å². The molecule has 0 bridgehead atoms. The van der Waals surface area contributed by atoms with Crippen LogP contribution in [-0.4, -0.2) is 108 Å². The van der Waals surface area contributed by atoms with Crippen LogP contribution in [0.5, 0.6) is 5.88 Å². The zero-order chi connectivity index (χ0) is 28.0. The summed E-state index contributed by atoms with van der Waals surface area (Å²) in [6.45, 7) is 7.10. The predicted octanol–water partition coefficient (Wildman–Crippen LogP) is 2.99. The summed E-state index contributed by atoms with van der Waals surface area (Å²) in [5.74, 6) is 0.385. The molecule has 41 heavy (non-hydrogen) atoms. The van der Waals surface area contributed by atoms with E-state index in [4.69, 9.17) is 19.2 Å². The van der Waals surface area contributed by atoms with Crippen LogP contribution in [0.15, 0.2) is 52.6 Å². The van der Waals surface area contributed by atoms with Crippen molar-refractivity contribution in [2.45, 2.75) is 19.1 Å². The first kappa shape index (κ1) is 27.4. The summed E-state index contributed by atoms with van der Waals surface area (Å²) in [5, 5.41) is 6.96. The first-order chi connectivity index (χ1) is 20.2. The maximum Gasteiger partial charge on any atom is 0.295 e. The Balaban J connectivity index is 1.21. The van der Waals surface area contributed by atoms with Crippen LogP contribution in [0.4, 0.5) is 14.5 Å². The monoisotopic (exact) mass is 569 g/mol. The molecule has 0 spiro atoms. The number of aromatic nitrogens is 3. The molecule has 0 radical (unpaired) electrons. The number of fused-ring (bicyclic) bond motifs is 1. The van der Waals surface area contributed by atoms with Gasteiger partial charge in [0, 0.05) is 50.7 Å². The fourth-order valence-corrected chi connectivity index (χ4v) is 5.06. The Morgan fingerprint density at radius 1 is 1.02 bits per heavy atom. The minimum Gasteiger partial charge on any atom is -0.478 e. The molecule has 2 aromatic heterocycles. The lowest BCUT2D eigenvalue weighted by atomic mass is 10.3. The van der Waals surface area contributed by atoms with Gasteiger partial charge in [0.1, 0.15) is 6.34 Å². The molecule has 5 heterocycles. The van der Waals surface area contributed by atoms with Gasteiger partial charge in [0.15, 0.2) is 5.82 Å². The van der Waals surface area contributed by atoms with Crippen LogP contribution in [0, 0.1) is 0 Å². The SMILES string of the molecule is FC(F)c1nc2ccccc2n1C1N=C(Nc2ccnc(OCCCN3CCOCC3)c2)N=CN1N1CCOCC1. The molecular weight excluding hydrogens is 536 g/mol. The Kier molecular flexibility index (Phi) is 8.60. The molecule has 1 unspecified atom stereocenters. The number of morpholine rings is 2. The van der Waals surface area contributed by atoms with Crippen LogP contribution in [0.3, 0.4) is 0 Å². The number of imidazole rings is 1. The summed E-state index contributed by atoms with van der Waals surface area (Å²) < 4.78 is 46.7. The van der Waals surface area contributed by atoms with Gasteiger partial charge in [-0.1, -0.05) is 12.1 Å². The number of aliphatic imine (C=N–C) groups is 2. The van der Waals surface area contributed by atoms with Crippen LogP contribution in [0.2, 0.25) is 0 Å². The molecule has 1 N–H and O–H groups in total. The van der Waals surface area contributed by atoms with Gasteiger partial charge in [0.2, 0.25) is 18.1 Å². The van der Waals surface area contributed by atoms with E-state index in [1.54, 1.807) is 53.9 Å². The van der Waals surface area contributed by atoms with E-state index in [2.05, 4.69) is 25.2 Å². The minimum atomic E-state index is -2.79. The normalized spacial score (nSPS) is 20.5. The highest BCUT2D eigenvalue weighted by Gasteiger charge is 2.33. The summed E-state index contributed by atoms with van der Waals surface area (Å²) in [6, 6.07) is 10.6. The molecule has 0 aliphatic carbocycles. The van der Waals surface area contributed by atoms with E-state index in [1.807, 2.05) is 5.01 Å². The van der Waals surface area contributed by atoms with Gasteiger partial charge in [-0.05, 0) is 24.6 Å². The summed E-state index contributed by atoms with van der Waals surface area (Å²) in [5.41, 5.74) is 1.70. The van der Waals surface area contributed by atoms with Gasteiger partial charge in [-0.15, -0.1) is 0 Å². The van der Waals surface area contributed by atoms with Gasteiger partial charge < -0.3 is 19.5 Å². The average molecular weight is 570 g/mol. The van der Waals surface area contributed by atoms with Gasteiger partial charge >= 0.3 is 0 Å². The Labute approximate surface area is 236 Å². The highest BCUT2D eigenvalue weighted by atomic mass is 19.3. The second-order valence-electron chi connectivity index (χ2n) is 9.78. The van der Waals surface area contributed by atoms with Crippen molar-refractivity contribution >= 4 is 29.0 Å². The molecule has 6 rings (SSSR count). The Morgan fingerprint density at radius 3 is 2.61 bits per heavy atom. The van der Waals surface area contributed by atoms with E-state index in [0.717, 1.165) is 39.3 Å². The van der Waals surface area contributed by atoms with Crippen LogP contribution >= 0.6 is 0 Å². The predicted molar refractivity (Wildman–Crippen MR) is 149 cm³/mol. The molecule has 12 nitrogen and oxygen atoms in total. The van der Waals surface area contributed by atoms with Gasteiger partial charge in [-0.3, -0.25) is 14.5 Å². The third kappa shape index (κ3) is 6.45. The number of anilines is 1. The van der Waals surface area contributed by atoms with Crippen molar-refractivity contribution in [1.29, 1.82) is 0 Å². The number of hydrogen-bond acceptors (Lipinski definition) is 11. The van der Waals surface area contributed by atoms with Crippen LogP contribution < -0.4 is 10.1 Å². The number of ether oxygens (including phenoxy) is 3. The van der Waals surface area contributed by atoms with Crippen molar-refractivity contribution in [1.82, 2.24) is 29.5 Å². The summed E-state index contributed by atoms with van der Waals surface area (Å²) >= 11 is 0. The summed E-state index contributed by atoms with van der Waals surface area (Å²) in [7, 11) is 0. The lowest BCUT2D eigenvalue weighted by Gasteiger charge is -2.41. The van der Waals surface area contributed by atoms with Gasteiger partial charge in [-0.25, -0.2) is 33.7 Å². The standard InChI is InChI=1S/C27H33F2N9O3/c28-24(29)25-33-21-4-1-2-5-22(21)38(25)27-34-26(31-19-37(27)36-11-16-40-17-12-36)32-20-6-7-30-23(18-20)41-13-3-8-35-9-14-39-15-10-35/h1-2,4-7,18-19,24,27H,3,8-17H2,(H,30,32,34). The second-order valence-corrected chi connectivity index (χ2v) is 9.78. The van der Waals surface area contributed by atoms with E-state index in [0.29, 0.717) is 55.5 Å². The fourth-order valence-electron chi connectivity index (χ4n) is 5.06. The maximum atomic E-state index is 14.2. The lowest BCUT2D eigenvalue weighted by Crippen LogP contribution is -2.52. The molecule has 2 fully saturated rings. The number of alkyl halides is 2. The van der Waals surface area contributed by atoms with E-state index in [1.165, 1.54) is 4.57 Å². The van der Waals surface area contributed by atoms with Crippen molar-refractivity contribution in [3.05, 3.63) is 48.4 Å². The fraction of sp³-hybridized carbons (Fsp3) is 0.481. The maximum absolute atomic E-state index is 14.2. The number of rotatable bonds is 9. The number of nitrogens with one attached hydrogen (secondary N) is 1. The Bertz CT molecular complexity index is 1370. The molecule has 1 aromatic carbocycles. The van der Waals surface area contributed by atoms with E-state index < -0.39 is 12.7 Å². The third-order valence-electron chi connectivity index (χ3n) is 7.10. The minimum absolute atomic E-state index is 0.266. The van der Waals surface area contributed by atoms with Gasteiger partial charge in [0.05, 0.1) is 44.1 Å². The summed E-state index contributed by atoms with van der Waals surface area (Å²) in [4.78, 5) is 20.2. The Morgan fingerprint density at radius 2 is 1.80 bits per heavy atom. The van der Waals surface area contributed by atoms with Crippen molar-refractivity contribution in [2.24, 2.45) is 9.98 Å².